The van der Waals surface area contributed by atoms with Gasteiger partial charge in [-0.1, -0.05) is 12.1 Å². The molecule has 1 saturated heterocycles. The largest absolute Gasteiger partial charge is 0.507 e. The third kappa shape index (κ3) is 7.17. The van der Waals surface area contributed by atoms with E-state index in [0.717, 1.165) is 20.8 Å². The van der Waals surface area contributed by atoms with Crippen LogP contribution >= 0.6 is 0 Å². The zero-order chi connectivity index (χ0) is 24.7. The maximum Gasteiger partial charge on any atom is 0.344 e. The van der Waals surface area contributed by atoms with Crippen LogP contribution in [0.1, 0.15) is 38.1 Å². The number of rotatable bonds is 7. The van der Waals surface area contributed by atoms with Gasteiger partial charge in [-0.15, -0.1) is 0 Å². The fourth-order valence-electron chi connectivity index (χ4n) is 3.21. The van der Waals surface area contributed by atoms with Gasteiger partial charge >= 0.3 is 23.9 Å². The van der Waals surface area contributed by atoms with Crippen LogP contribution in [0.5, 0.6) is 5.75 Å². The second-order valence-electron chi connectivity index (χ2n) is 7.14. The molecule has 5 atom stereocenters. The summed E-state index contributed by atoms with van der Waals surface area (Å²) < 4.78 is 26.6. The molecule has 12 nitrogen and oxygen atoms in total. The molecule has 0 radical (unpaired) electrons. The molecule has 0 aromatic heterocycles. The first-order chi connectivity index (χ1) is 15.5. The van der Waals surface area contributed by atoms with Crippen LogP contribution in [-0.2, 0) is 42.9 Å². The third-order valence-corrected chi connectivity index (χ3v) is 4.42. The summed E-state index contributed by atoms with van der Waals surface area (Å²) in [5.74, 6) is -4.18. The normalized spacial score (nSPS) is 24.2. The van der Waals surface area contributed by atoms with Crippen LogP contribution in [0.15, 0.2) is 24.3 Å². The Morgan fingerprint density at radius 1 is 0.909 bits per heavy atom. The highest BCUT2D eigenvalue weighted by Gasteiger charge is 2.52. The van der Waals surface area contributed by atoms with Gasteiger partial charge in [0.15, 0.2) is 12.2 Å². The van der Waals surface area contributed by atoms with Gasteiger partial charge in [-0.05, 0) is 12.1 Å². The van der Waals surface area contributed by atoms with Crippen LogP contribution in [0.2, 0.25) is 0 Å². The molecule has 12 heteroatoms. The molecule has 180 valence electrons. The number of carbonyl (C=O) groups excluding carboxylic acids is 5. The summed E-state index contributed by atoms with van der Waals surface area (Å²) in [4.78, 5) is 59.4. The number of amides is 1. The van der Waals surface area contributed by atoms with Crippen molar-refractivity contribution < 1.29 is 52.8 Å². The second kappa shape index (κ2) is 11.3. The molecule has 1 aliphatic heterocycles. The number of ether oxygens (including phenoxy) is 5. The standard InChI is InChI=1S/C21H25NO11/c1-10(23)22-17-19(31-13(4)26)18(30-12(3)25)16(9-29-11(2)24)32-21(17)33-20(28)14-7-5-6-8-15(14)27/h5-8,16-19,21,27H,9H2,1-4H3,(H,22,23)/t16-,17+,18+,19-,21+/m1/s1. The summed E-state index contributed by atoms with van der Waals surface area (Å²) in [5.41, 5.74) is -0.189. The van der Waals surface area contributed by atoms with Gasteiger partial charge in [0.25, 0.3) is 0 Å². The van der Waals surface area contributed by atoms with Crippen molar-refractivity contribution >= 4 is 29.8 Å². The highest BCUT2D eigenvalue weighted by molar-refractivity contribution is 5.92. The summed E-state index contributed by atoms with van der Waals surface area (Å²) in [6, 6.07) is 4.25. The minimum atomic E-state index is -1.57. The molecular weight excluding hydrogens is 442 g/mol. The molecule has 1 amide bonds. The van der Waals surface area contributed by atoms with E-state index in [-0.39, 0.29) is 11.3 Å². The van der Waals surface area contributed by atoms with Gasteiger partial charge in [-0.3, -0.25) is 19.2 Å². The van der Waals surface area contributed by atoms with Crippen molar-refractivity contribution in [2.45, 2.75) is 58.3 Å². The number of hydrogen-bond acceptors (Lipinski definition) is 11. The molecule has 1 heterocycles. The molecule has 0 aliphatic carbocycles. The summed E-state index contributed by atoms with van der Waals surface area (Å²) >= 11 is 0. The van der Waals surface area contributed by atoms with Gasteiger partial charge < -0.3 is 34.1 Å². The number of para-hydroxylation sites is 1. The highest BCUT2D eigenvalue weighted by Crippen LogP contribution is 2.29. The Hall–Kier alpha value is -3.67. The molecule has 1 aliphatic rings. The Kier molecular flexibility index (Phi) is 8.74. The molecule has 2 rings (SSSR count). The van der Waals surface area contributed by atoms with E-state index in [1.807, 2.05) is 0 Å². The molecule has 1 aromatic carbocycles. The quantitative estimate of drug-likeness (QED) is 0.416. The first-order valence-electron chi connectivity index (χ1n) is 9.89. The molecule has 1 aromatic rings. The number of phenolic OH excluding ortho intramolecular Hbond substituents is 1. The minimum Gasteiger partial charge on any atom is -0.507 e. The lowest BCUT2D eigenvalue weighted by atomic mass is 9.96. The van der Waals surface area contributed by atoms with E-state index < -0.39 is 67.0 Å². The molecule has 33 heavy (non-hydrogen) atoms. The zero-order valence-corrected chi connectivity index (χ0v) is 18.4. The number of carbonyl (C=O) groups is 5. The first-order valence-corrected chi connectivity index (χ1v) is 9.89. The Morgan fingerprint density at radius 2 is 1.52 bits per heavy atom. The maximum absolute atomic E-state index is 12.7. The van der Waals surface area contributed by atoms with Crippen molar-refractivity contribution in [2.75, 3.05) is 6.61 Å². The van der Waals surface area contributed by atoms with E-state index in [1.165, 1.54) is 31.2 Å². The van der Waals surface area contributed by atoms with Crippen LogP contribution in [-0.4, -0.2) is 72.1 Å². The van der Waals surface area contributed by atoms with Crippen LogP contribution in [0.25, 0.3) is 0 Å². The molecule has 0 bridgehead atoms. The predicted octanol–water partition coefficient (Wildman–Crippen LogP) is 0.205. The number of aromatic hydroxyl groups is 1. The van der Waals surface area contributed by atoms with Gasteiger partial charge in [-0.2, -0.15) is 0 Å². The van der Waals surface area contributed by atoms with Crippen LogP contribution in [0, 0.1) is 0 Å². The highest BCUT2D eigenvalue weighted by atomic mass is 16.7. The summed E-state index contributed by atoms with van der Waals surface area (Å²) in [5, 5.41) is 12.4. The smallest absolute Gasteiger partial charge is 0.344 e. The van der Waals surface area contributed by atoms with E-state index in [4.69, 9.17) is 23.7 Å². The van der Waals surface area contributed by atoms with Gasteiger partial charge in [0.05, 0.1) is 0 Å². The third-order valence-electron chi connectivity index (χ3n) is 4.42. The van der Waals surface area contributed by atoms with E-state index in [2.05, 4.69) is 5.32 Å². The van der Waals surface area contributed by atoms with Crippen LogP contribution < -0.4 is 5.32 Å². The van der Waals surface area contributed by atoms with E-state index >= 15 is 0 Å². The van der Waals surface area contributed by atoms with Gasteiger partial charge in [0.1, 0.15) is 30.1 Å². The molecular formula is C21H25NO11. The zero-order valence-electron chi connectivity index (χ0n) is 18.4. The van der Waals surface area contributed by atoms with Crippen molar-refractivity contribution in [3.05, 3.63) is 29.8 Å². The SMILES string of the molecule is CC(=O)N[C@@H]1[C@H](OC(=O)c2ccccc2O)O[C@H](COC(C)=O)[C@H](OC(C)=O)[C@@H]1OC(C)=O. The average molecular weight is 467 g/mol. The van der Waals surface area contributed by atoms with Crippen LogP contribution in [0.4, 0.5) is 0 Å². The van der Waals surface area contributed by atoms with Crippen molar-refractivity contribution in [1.82, 2.24) is 5.32 Å². The second-order valence-corrected chi connectivity index (χ2v) is 7.14. The Labute approximate surface area is 189 Å². The van der Waals surface area contributed by atoms with E-state index in [1.54, 1.807) is 0 Å². The number of nitrogens with one attached hydrogen (secondary N) is 1. The van der Waals surface area contributed by atoms with Gasteiger partial charge in [-0.25, -0.2) is 4.79 Å². The lowest BCUT2D eigenvalue weighted by Crippen LogP contribution is -2.66. The van der Waals surface area contributed by atoms with Gasteiger partial charge in [0, 0.05) is 27.7 Å². The van der Waals surface area contributed by atoms with E-state index in [9.17, 15) is 29.1 Å². The van der Waals surface area contributed by atoms with Gasteiger partial charge in [0.2, 0.25) is 12.2 Å². The lowest BCUT2D eigenvalue weighted by Gasteiger charge is -2.44. The monoisotopic (exact) mass is 467 g/mol. The predicted molar refractivity (Wildman–Crippen MR) is 108 cm³/mol. The summed E-state index contributed by atoms with van der Waals surface area (Å²) in [6.45, 7) is 4.06. The number of phenols is 1. The Balaban J connectivity index is 2.45. The molecule has 0 saturated carbocycles. The van der Waals surface area contributed by atoms with E-state index in [0.29, 0.717) is 0 Å². The number of benzene rings is 1. The van der Waals surface area contributed by atoms with Crippen LogP contribution in [0.3, 0.4) is 0 Å². The van der Waals surface area contributed by atoms with Crippen molar-refractivity contribution in [1.29, 1.82) is 0 Å². The lowest BCUT2D eigenvalue weighted by molar-refractivity contribution is -0.263. The first kappa shape index (κ1) is 25.6. The molecule has 2 N–H and O–H groups in total. The topological polar surface area (TPSA) is 164 Å². The summed E-state index contributed by atoms with van der Waals surface area (Å²) in [7, 11) is 0. The Bertz CT molecular complexity index is 915. The maximum atomic E-state index is 12.7. The fraction of sp³-hybridized carbons (Fsp3) is 0.476. The molecule has 0 unspecified atom stereocenters. The average Bonchev–Trinajstić information content (AvgIpc) is 2.70. The van der Waals surface area contributed by atoms with Crippen molar-refractivity contribution in [3.8, 4) is 5.75 Å². The van der Waals surface area contributed by atoms with Crippen molar-refractivity contribution in [2.24, 2.45) is 0 Å². The minimum absolute atomic E-state index is 0.189. The summed E-state index contributed by atoms with van der Waals surface area (Å²) in [6.07, 6.45) is -5.48. The molecule has 0 spiro atoms. The van der Waals surface area contributed by atoms with Crippen molar-refractivity contribution in [3.63, 3.8) is 0 Å². The number of hydrogen-bond donors (Lipinski definition) is 2. The molecule has 1 fully saturated rings. The Morgan fingerprint density at radius 3 is 2.06 bits per heavy atom. The fourth-order valence-corrected chi connectivity index (χ4v) is 3.21. The number of esters is 4.